The van der Waals surface area contributed by atoms with Gasteiger partial charge in [-0.15, -0.1) is 0 Å². The van der Waals surface area contributed by atoms with Gasteiger partial charge < -0.3 is 13.9 Å². The van der Waals surface area contributed by atoms with Gasteiger partial charge >= 0.3 is 11.6 Å². The molecule has 0 saturated heterocycles. The zero-order valence-electron chi connectivity index (χ0n) is 21.5. The summed E-state index contributed by atoms with van der Waals surface area (Å²) in [5, 5.41) is 0.817. The lowest BCUT2D eigenvalue weighted by Gasteiger charge is -2.34. The van der Waals surface area contributed by atoms with E-state index in [2.05, 4.69) is 25.6 Å². The average Bonchev–Trinajstić information content (AvgIpc) is 2.78. The number of benzene rings is 2. The second-order valence-electron chi connectivity index (χ2n) is 10.2. The van der Waals surface area contributed by atoms with Crippen molar-refractivity contribution in [3.63, 3.8) is 0 Å². The maximum Gasteiger partial charge on any atom is 0.344 e. The summed E-state index contributed by atoms with van der Waals surface area (Å²) in [6.45, 7) is 13.2. The fourth-order valence-corrected chi connectivity index (χ4v) is 4.52. The summed E-state index contributed by atoms with van der Waals surface area (Å²) in [6.07, 6.45) is 6.25. The van der Waals surface area contributed by atoms with Crippen molar-refractivity contribution in [1.29, 1.82) is 0 Å². The van der Waals surface area contributed by atoms with Gasteiger partial charge in [-0.05, 0) is 69.9 Å². The minimum atomic E-state index is -0.737. The Morgan fingerprint density at radius 3 is 2.37 bits per heavy atom. The number of ether oxygens (including phenoxy) is 2. The molecular weight excluding hydrogens is 440 g/mol. The highest BCUT2D eigenvalue weighted by molar-refractivity contribution is 5.83. The van der Waals surface area contributed by atoms with Crippen LogP contribution in [0.4, 0.5) is 0 Å². The van der Waals surface area contributed by atoms with Crippen molar-refractivity contribution >= 4 is 16.9 Å². The van der Waals surface area contributed by atoms with Gasteiger partial charge in [-0.2, -0.15) is 0 Å². The van der Waals surface area contributed by atoms with Crippen molar-refractivity contribution in [2.24, 2.45) is 0 Å². The molecule has 0 aliphatic heterocycles. The van der Waals surface area contributed by atoms with Crippen LogP contribution in [0.2, 0.25) is 0 Å². The first-order valence-corrected chi connectivity index (χ1v) is 12.2. The Bertz CT molecular complexity index is 1230. The number of carbonyl (C=O) groups excluding carboxylic acids is 1. The third kappa shape index (κ3) is 7.32. The van der Waals surface area contributed by atoms with E-state index in [1.54, 1.807) is 6.07 Å². The second-order valence-corrected chi connectivity index (χ2v) is 10.2. The summed E-state index contributed by atoms with van der Waals surface area (Å²) >= 11 is 0. The van der Waals surface area contributed by atoms with Crippen LogP contribution in [0, 0.1) is 0 Å². The Morgan fingerprint density at radius 1 is 1.00 bits per heavy atom. The summed E-state index contributed by atoms with van der Waals surface area (Å²) in [7, 11) is 0. The summed E-state index contributed by atoms with van der Waals surface area (Å²) in [6, 6.07) is 15.5. The van der Waals surface area contributed by atoms with Crippen LogP contribution in [0.15, 0.2) is 70.4 Å². The molecule has 0 aliphatic rings. The van der Waals surface area contributed by atoms with Crippen molar-refractivity contribution < 1.29 is 18.7 Å². The highest BCUT2D eigenvalue weighted by Crippen LogP contribution is 2.31. The maximum atomic E-state index is 12.8. The Labute approximate surface area is 207 Å². The van der Waals surface area contributed by atoms with Gasteiger partial charge in [-0.25, -0.2) is 9.59 Å². The molecule has 0 spiro atoms. The molecule has 3 aromatic rings. The van der Waals surface area contributed by atoms with Crippen molar-refractivity contribution in [2.75, 3.05) is 0 Å². The Hall–Kier alpha value is -3.34. The zero-order valence-corrected chi connectivity index (χ0v) is 21.5. The number of hydrogen-bond donors (Lipinski definition) is 0. The zero-order chi connectivity index (χ0) is 25.6. The van der Waals surface area contributed by atoms with E-state index in [-0.39, 0.29) is 5.63 Å². The van der Waals surface area contributed by atoms with Crippen molar-refractivity contribution in [2.45, 2.75) is 77.9 Å². The summed E-state index contributed by atoms with van der Waals surface area (Å²) < 4.78 is 17.3. The van der Waals surface area contributed by atoms with Gasteiger partial charge in [-0.1, -0.05) is 50.6 Å². The molecule has 1 aromatic heterocycles. The van der Waals surface area contributed by atoms with Crippen LogP contribution in [0.25, 0.3) is 22.1 Å². The number of aryl methyl sites for hydroxylation is 1. The molecule has 2 aromatic carbocycles. The number of rotatable bonds is 11. The first-order valence-electron chi connectivity index (χ1n) is 12.2. The van der Waals surface area contributed by atoms with E-state index in [1.165, 1.54) is 24.8 Å². The Balaban J connectivity index is 1.78. The summed E-state index contributed by atoms with van der Waals surface area (Å²) in [5.41, 5.74) is 1.36. The highest BCUT2D eigenvalue weighted by Gasteiger charge is 2.33. The van der Waals surface area contributed by atoms with Gasteiger partial charge in [0, 0.05) is 23.9 Å². The SMILES string of the molecule is C=CC(=O)OC(C)(C)CC(C)(C)Oc1ccc2cc(-c3ccc(CCCCC)cc3)c(=O)oc2c1. The third-order valence-electron chi connectivity index (χ3n) is 5.83. The normalized spacial score (nSPS) is 11.9. The standard InChI is InChI=1S/C30H36O5/c1-7-9-10-11-21-12-14-22(15-13-21)25-18-23-16-17-24(19-26(23)33-28(25)32)34-29(3,4)20-30(5,6)35-27(31)8-2/h8,12-19H,2,7,9-11,20H2,1,3-6H3. The van der Waals surface area contributed by atoms with Crippen LogP contribution in [-0.4, -0.2) is 17.2 Å². The molecule has 1 heterocycles. The first-order chi connectivity index (χ1) is 16.5. The predicted octanol–water partition coefficient (Wildman–Crippen LogP) is 7.25. The Morgan fingerprint density at radius 2 is 1.71 bits per heavy atom. The molecule has 186 valence electrons. The number of hydrogen-bond acceptors (Lipinski definition) is 5. The van der Waals surface area contributed by atoms with Crippen LogP contribution in [0.1, 0.15) is 65.9 Å². The number of carbonyl (C=O) groups is 1. The van der Waals surface area contributed by atoms with E-state index in [9.17, 15) is 9.59 Å². The topological polar surface area (TPSA) is 65.7 Å². The quantitative estimate of drug-likeness (QED) is 0.126. The van der Waals surface area contributed by atoms with Crippen LogP contribution in [0.5, 0.6) is 5.75 Å². The van der Waals surface area contributed by atoms with E-state index in [0.717, 1.165) is 23.4 Å². The number of fused-ring (bicyclic) bond motifs is 1. The van der Waals surface area contributed by atoms with Crippen molar-refractivity contribution in [1.82, 2.24) is 0 Å². The molecule has 35 heavy (non-hydrogen) atoms. The lowest BCUT2D eigenvalue weighted by atomic mass is 9.92. The molecule has 0 radical (unpaired) electrons. The minimum absolute atomic E-state index is 0.384. The first kappa shape index (κ1) is 26.3. The number of unbranched alkanes of at least 4 members (excludes halogenated alkanes) is 2. The van der Waals surface area contributed by atoms with Crippen LogP contribution >= 0.6 is 0 Å². The van der Waals surface area contributed by atoms with Crippen LogP contribution in [-0.2, 0) is 16.0 Å². The van der Waals surface area contributed by atoms with E-state index in [4.69, 9.17) is 13.9 Å². The molecule has 0 fully saturated rings. The molecule has 0 saturated carbocycles. The second kappa shape index (κ2) is 10.9. The molecule has 0 unspecified atom stereocenters. The third-order valence-corrected chi connectivity index (χ3v) is 5.83. The van der Waals surface area contributed by atoms with E-state index >= 15 is 0 Å². The smallest absolute Gasteiger partial charge is 0.344 e. The lowest BCUT2D eigenvalue weighted by molar-refractivity contribution is -0.154. The minimum Gasteiger partial charge on any atom is -0.488 e. The van der Waals surface area contributed by atoms with Gasteiger partial charge in [0.1, 0.15) is 22.5 Å². The fourth-order valence-electron chi connectivity index (χ4n) is 4.52. The average molecular weight is 477 g/mol. The van der Waals surface area contributed by atoms with Crippen molar-refractivity contribution in [3.05, 3.63) is 77.2 Å². The predicted molar refractivity (Wildman–Crippen MR) is 141 cm³/mol. The fraction of sp³-hybridized carbons (Fsp3) is 0.400. The monoisotopic (exact) mass is 476 g/mol. The molecular formula is C30H36O5. The van der Waals surface area contributed by atoms with Gasteiger partial charge in [-0.3, -0.25) is 0 Å². The molecule has 0 N–H and O–H groups in total. The van der Waals surface area contributed by atoms with Gasteiger partial charge in [0.2, 0.25) is 0 Å². The van der Waals surface area contributed by atoms with Crippen LogP contribution < -0.4 is 10.4 Å². The molecule has 3 rings (SSSR count). The van der Waals surface area contributed by atoms with E-state index in [1.807, 2.05) is 58.0 Å². The summed E-state index contributed by atoms with van der Waals surface area (Å²) in [5.74, 6) is 0.0981. The van der Waals surface area contributed by atoms with Gasteiger partial charge in [0.05, 0.1) is 5.56 Å². The summed E-state index contributed by atoms with van der Waals surface area (Å²) in [4.78, 5) is 24.4. The lowest BCUT2D eigenvalue weighted by Crippen LogP contribution is -2.40. The highest BCUT2D eigenvalue weighted by atomic mass is 16.6. The molecule has 5 heteroatoms. The van der Waals surface area contributed by atoms with Crippen LogP contribution in [0.3, 0.4) is 0 Å². The van der Waals surface area contributed by atoms with E-state index < -0.39 is 17.2 Å². The maximum absolute atomic E-state index is 12.8. The number of esters is 1. The van der Waals surface area contributed by atoms with Gasteiger partial charge in [0.25, 0.3) is 0 Å². The molecule has 0 aliphatic carbocycles. The largest absolute Gasteiger partial charge is 0.488 e. The molecule has 0 bridgehead atoms. The van der Waals surface area contributed by atoms with Crippen molar-refractivity contribution in [3.8, 4) is 16.9 Å². The Kier molecular flexibility index (Phi) is 8.21. The van der Waals surface area contributed by atoms with E-state index in [0.29, 0.717) is 23.3 Å². The molecule has 5 nitrogen and oxygen atoms in total. The molecule has 0 atom stereocenters. The van der Waals surface area contributed by atoms with Gasteiger partial charge in [0.15, 0.2) is 0 Å². The molecule has 0 amide bonds.